The molecule has 0 aliphatic rings. The van der Waals surface area contributed by atoms with Crippen molar-refractivity contribution in [3.8, 4) is 0 Å². The minimum atomic E-state index is 0.645. The van der Waals surface area contributed by atoms with Crippen molar-refractivity contribution in [2.75, 3.05) is 5.84 Å². The molecule has 13 heavy (non-hydrogen) atoms. The van der Waals surface area contributed by atoms with E-state index >= 15 is 0 Å². The molecule has 0 unspecified atom stereocenters. The summed E-state index contributed by atoms with van der Waals surface area (Å²) < 4.78 is 1.38. The van der Waals surface area contributed by atoms with Crippen LogP contribution in [0.5, 0.6) is 0 Å². The number of hydrogen-bond donors (Lipinski definition) is 1. The van der Waals surface area contributed by atoms with E-state index in [1.807, 2.05) is 0 Å². The van der Waals surface area contributed by atoms with E-state index in [0.717, 1.165) is 11.2 Å². The third-order valence-corrected chi connectivity index (χ3v) is 1.77. The predicted molar refractivity (Wildman–Crippen MR) is 49.4 cm³/mol. The number of aromatic nitrogens is 4. The zero-order valence-electron chi connectivity index (χ0n) is 7.01. The molecule has 2 rings (SSSR count). The second-order valence-electron chi connectivity index (χ2n) is 2.64. The molecule has 2 heterocycles. The Morgan fingerprint density at radius 1 is 1.46 bits per heavy atom. The predicted octanol–water partition coefficient (Wildman–Crippen LogP) is 0.269. The largest absolute Gasteiger partial charge is 0.336 e. The van der Waals surface area contributed by atoms with E-state index in [2.05, 4.69) is 21.5 Å². The number of nitrogen functional groups attached to an aromatic ring is 1. The summed E-state index contributed by atoms with van der Waals surface area (Å²) in [6, 6.07) is 0. The summed E-state index contributed by atoms with van der Waals surface area (Å²) in [4.78, 5) is 12.2. The maximum atomic E-state index is 5.58. The molecule has 2 aromatic rings. The molecule has 66 valence electrons. The van der Waals surface area contributed by atoms with Crippen molar-refractivity contribution in [2.45, 2.75) is 6.42 Å². The first-order valence-corrected chi connectivity index (χ1v) is 3.86. The van der Waals surface area contributed by atoms with Gasteiger partial charge in [-0.3, -0.25) is 0 Å². The summed E-state index contributed by atoms with van der Waals surface area (Å²) in [5.74, 6) is 5.58. The van der Waals surface area contributed by atoms with Gasteiger partial charge in [-0.25, -0.2) is 19.6 Å². The summed E-state index contributed by atoms with van der Waals surface area (Å²) in [6.45, 7) is 3.64. The highest BCUT2D eigenvalue weighted by Gasteiger charge is 2.06. The third kappa shape index (κ3) is 1.14. The van der Waals surface area contributed by atoms with Gasteiger partial charge in [0.05, 0.1) is 5.69 Å². The Balaban J connectivity index is 2.69. The van der Waals surface area contributed by atoms with Crippen LogP contribution < -0.4 is 5.84 Å². The van der Waals surface area contributed by atoms with Crippen LogP contribution in [0, 0.1) is 0 Å². The van der Waals surface area contributed by atoms with Crippen LogP contribution in [0.4, 0.5) is 0 Å². The molecular weight excluding hydrogens is 166 g/mol. The zero-order valence-corrected chi connectivity index (χ0v) is 7.01. The molecule has 2 N–H and O–H groups in total. The first-order chi connectivity index (χ1) is 6.33. The first kappa shape index (κ1) is 7.72. The quantitative estimate of drug-likeness (QED) is 0.525. The molecule has 5 heteroatoms. The van der Waals surface area contributed by atoms with E-state index in [1.54, 1.807) is 6.08 Å². The summed E-state index contributed by atoms with van der Waals surface area (Å²) in [6.07, 6.45) is 5.45. The van der Waals surface area contributed by atoms with E-state index in [9.17, 15) is 0 Å². The third-order valence-electron chi connectivity index (χ3n) is 1.77. The maximum Gasteiger partial charge on any atom is 0.181 e. The number of fused-ring (bicyclic) bond motifs is 1. The van der Waals surface area contributed by atoms with Crippen LogP contribution in [0.2, 0.25) is 0 Å². The molecule has 2 aromatic heterocycles. The summed E-state index contributed by atoms with van der Waals surface area (Å²) in [5.41, 5.74) is 2.24. The number of imidazole rings is 1. The van der Waals surface area contributed by atoms with Gasteiger partial charge in [0.1, 0.15) is 18.2 Å². The van der Waals surface area contributed by atoms with Crippen LogP contribution in [-0.2, 0) is 6.42 Å². The van der Waals surface area contributed by atoms with Gasteiger partial charge >= 0.3 is 0 Å². The fourth-order valence-electron chi connectivity index (χ4n) is 1.19. The van der Waals surface area contributed by atoms with Gasteiger partial charge in [0.15, 0.2) is 5.65 Å². The molecule has 0 amide bonds. The Kier molecular flexibility index (Phi) is 1.70. The molecule has 0 saturated carbocycles. The number of allylic oxidation sites excluding steroid dienone is 1. The molecule has 0 bridgehead atoms. The first-order valence-electron chi connectivity index (χ1n) is 3.86. The summed E-state index contributed by atoms with van der Waals surface area (Å²) in [7, 11) is 0. The number of hydrogen-bond acceptors (Lipinski definition) is 4. The van der Waals surface area contributed by atoms with Crippen molar-refractivity contribution in [1.29, 1.82) is 0 Å². The molecule has 0 fully saturated rings. The lowest BCUT2D eigenvalue weighted by molar-refractivity contribution is 1.00. The van der Waals surface area contributed by atoms with Gasteiger partial charge in [0.25, 0.3) is 0 Å². The number of nitrogens with zero attached hydrogens (tertiary/aromatic N) is 4. The summed E-state index contributed by atoms with van der Waals surface area (Å²) in [5, 5.41) is 0. The van der Waals surface area contributed by atoms with Crippen LogP contribution in [0.3, 0.4) is 0 Å². The molecule has 0 aliphatic heterocycles. The minimum Gasteiger partial charge on any atom is -0.336 e. The molecule has 5 nitrogen and oxygen atoms in total. The average Bonchev–Trinajstić information content (AvgIpc) is 2.50. The van der Waals surface area contributed by atoms with E-state index in [1.165, 1.54) is 17.3 Å². The second-order valence-corrected chi connectivity index (χ2v) is 2.64. The van der Waals surface area contributed by atoms with Crippen molar-refractivity contribution in [2.24, 2.45) is 0 Å². The maximum absolute atomic E-state index is 5.58. The topological polar surface area (TPSA) is 69.6 Å². The van der Waals surface area contributed by atoms with Gasteiger partial charge < -0.3 is 5.84 Å². The van der Waals surface area contributed by atoms with Crippen LogP contribution in [0.25, 0.3) is 11.2 Å². The van der Waals surface area contributed by atoms with Gasteiger partial charge in [-0.05, 0) is 0 Å². The Morgan fingerprint density at radius 3 is 3.08 bits per heavy atom. The van der Waals surface area contributed by atoms with Crippen LogP contribution in [0.15, 0.2) is 25.3 Å². The number of nitrogens with two attached hydrogens (primary N) is 1. The Bertz CT molecular complexity index is 445. The lowest BCUT2D eigenvalue weighted by Gasteiger charge is -1.96. The number of rotatable bonds is 2. The van der Waals surface area contributed by atoms with Crippen molar-refractivity contribution in [3.63, 3.8) is 0 Å². The summed E-state index contributed by atoms with van der Waals surface area (Å²) >= 11 is 0. The average molecular weight is 175 g/mol. The lowest BCUT2D eigenvalue weighted by atomic mass is 10.3. The highest BCUT2D eigenvalue weighted by Crippen LogP contribution is 2.10. The second kappa shape index (κ2) is 2.85. The van der Waals surface area contributed by atoms with Crippen LogP contribution >= 0.6 is 0 Å². The van der Waals surface area contributed by atoms with Crippen LogP contribution in [0.1, 0.15) is 5.69 Å². The molecular formula is C8H9N5. The fraction of sp³-hybridized carbons (Fsp3) is 0.125. The SMILES string of the molecule is C=CCc1ncnc2c1ncn2N. The van der Waals surface area contributed by atoms with Crippen molar-refractivity contribution >= 4 is 11.2 Å². The zero-order chi connectivity index (χ0) is 9.26. The highest BCUT2D eigenvalue weighted by atomic mass is 15.3. The molecule has 0 atom stereocenters. The van der Waals surface area contributed by atoms with Gasteiger partial charge in [-0.1, -0.05) is 6.08 Å². The molecule has 0 aromatic carbocycles. The van der Waals surface area contributed by atoms with Crippen molar-refractivity contribution in [3.05, 3.63) is 31.0 Å². The standard InChI is InChI=1S/C8H9N5/c1-2-3-6-7-8(11-4-10-6)13(9)5-12-7/h2,4-5H,1,3,9H2. The van der Waals surface area contributed by atoms with Gasteiger partial charge in [0, 0.05) is 6.42 Å². The van der Waals surface area contributed by atoms with Gasteiger partial charge in [0.2, 0.25) is 0 Å². The molecule has 0 spiro atoms. The molecule has 0 saturated heterocycles. The smallest absolute Gasteiger partial charge is 0.181 e. The van der Waals surface area contributed by atoms with E-state index in [-0.39, 0.29) is 0 Å². The highest BCUT2D eigenvalue weighted by molar-refractivity contribution is 5.73. The van der Waals surface area contributed by atoms with Crippen LogP contribution in [-0.4, -0.2) is 19.6 Å². The fourth-order valence-corrected chi connectivity index (χ4v) is 1.19. The Morgan fingerprint density at radius 2 is 2.31 bits per heavy atom. The van der Waals surface area contributed by atoms with Gasteiger partial charge in [-0.15, -0.1) is 6.58 Å². The lowest BCUT2D eigenvalue weighted by Crippen LogP contribution is -2.06. The Labute approximate surface area is 74.9 Å². The van der Waals surface area contributed by atoms with E-state index in [4.69, 9.17) is 5.84 Å². The Hall–Kier alpha value is -1.91. The van der Waals surface area contributed by atoms with Crippen molar-refractivity contribution < 1.29 is 0 Å². The van der Waals surface area contributed by atoms with E-state index in [0.29, 0.717) is 12.1 Å². The monoisotopic (exact) mass is 175 g/mol. The normalized spacial score (nSPS) is 10.5. The minimum absolute atomic E-state index is 0.645. The van der Waals surface area contributed by atoms with Gasteiger partial charge in [-0.2, -0.15) is 0 Å². The molecule has 0 radical (unpaired) electrons. The molecule has 0 aliphatic carbocycles. The van der Waals surface area contributed by atoms with Crippen molar-refractivity contribution in [1.82, 2.24) is 19.6 Å². The van der Waals surface area contributed by atoms with E-state index < -0.39 is 0 Å².